The van der Waals surface area contributed by atoms with Gasteiger partial charge in [-0.05, 0) is 43.0 Å². The number of hydrogen-bond acceptors (Lipinski definition) is 3. The second kappa shape index (κ2) is 6.48. The Kier molecular flexibility index (Phi) is 4.88. The molecule has 2 aromatic rings. The number of rotatable bonds is 4. The fraction of sp³-hybridized carbons (Fsp3) is 0.294. The molecule has 0 spiro atoms. The van der Waals surface area contributed by atoms with E-state index in [-0.39, 0.29) is 6.04 Å². The van der Waals surface area contributed by atoms with Crippen LogP contribution in [0.3, 0.4) is 0 Å². The zero-order valence-electron chi connectivity index (χ0n) is 12.8. The van der Waals surface area contributed by atoms with Gasteiger partial charge in [-0.1, -0.05) is 41.9 Å². The maximum Gasteiger partial charge on any atom is 0.127 e. The predicted octanol–water partition coefficient (Wildman–Crippen LogP) is 3.83. The molecule has 0 aromatic heterocycles. The van der Waals surface area contributed by atoms with E-state index >= 15 is 0 Å². The van der Waals surface area contributed by atoms with Crippen LogP contribution >= 0.6 is 11.6 Å². The van der Waals surface area contributed by atoms with E-state index in [0.29, 0.717) is 0 Å². The highest BCUT2D eigenvalue weighted by molar-refractivity contribution is 6.32. The van der Waals surface area contributed by atoms with Gasteiger partial charge in [-0.2, -0.15) is 0 Å². The molecule has 21 heavy (non-hydrogen) atoms. The first-order valence-corrected chi connectivity index (χ1v) is 7.24. The third-order valence-electron chi connectivity index (χ3n) is 3.92. The monoisotopic (exact) mass is 304 g/mol. The van der Waals surface area contributed by atoms with E-state index in [0.717, 1.165) is 33.0 Å². The first-order valence-electron chi connectivity index (χ1n) is 6.86. The van der Waals surface area contributed by atoms with Crippen molar-refractivity contribution in [2.45, 2.75) is 26.8 Å². The second-order valence-corrected chi connectivity index (χ2v) is 5.59. The Morgan fingerprint density at radius 2 is 1.76 bits per heavy atom. The van der Waals surface area contributed by atoms with Crippen LogP contribution in [0.25, 0.3) is 0 Å². The van der Waals surface area contributed by atoms with Gasteiger partial charge in [0.2, 0.25) is 0 Å². The molecule has 3 nitrogen and oxygen atoms in total. The largest absolute Gasteiger partial charge is 0.496 e. The number of hydrazine groups is 1. The Hall–Kier alpha value is -1.55. The van der Waals surface area contributed by atoms with E-state index in [2.05, 4.69) is 18.4 Å². The third kappa shape index (κ3) is 2.91. The molecule has 3 N–H and O–H groups in total. The molecule has 0 aliphatic heterocycles. The molecule has 1 atom stereocenters. The Bertz CT molecular complexity index is 655. The standard InChI is InChI=1S/C17H21ClN2O/c1-10-8-9-14(17(21-4)12(10)3)16(20-19)13-7-5-6-11(2)15(13)18/h5-9,16,20H,19H2,1-4H3. The molecule has 0 heterocycles. The lowest BCUT2D eigenvalue weighted by Crippen LogP contribution is -2.29. The summed E-state index contributed by atoms with van der Waals surface area (Å²) >= 11 is 6.45. The van der Waals surface area contributed by atoms with Crippen LogP contribution in [0.4, 0.5) is 0 Å². The lowest BCUT2D eigenvalue weighted by Gasteiger charge is -2.23. The first kappa shape index (κ1) is 15.8. The van der Waals surface area contributed by atoms with Gasteiger partial charge in [-0.3, -0.25) is 5.84 Å². The van der Waals surface area contributed by atoms with Crippen molar-refractivity contribution in [1.29, 1.82) is 0 Å². The smallest absolute Gasteiger partial charge is 0.127 e. The molecule has 2 rings (SSSR count). The van der Waals surface area contributed by atoms with Gasteiger partial charge >= 0.3 is 0 Å². The lowest BCUT2D eigenvalue weighted by atomic mass is 9.94. The van der Waals surface area contributed by atoms with E-state index < -0.39 is 0 Å². The molecule has 1 unspecified atom stereocenters. The van der Waals surface area contributed by atoms with Crippen molar-refractivity contribution in [2.75, 3.05) is 7.11 Å². The maximum absolute atomic E-state index is 6.45. The van der Waals surface area contributed by atoms with Gasteiger partial charge in [-0.15, -0.1) is 0 Å². The van der Waals surface area contributed by atoms with Crippen molar-refractivity contribution in [3.8, 4) is 5.75 Å². The van der Waals surface area contributed by atoms with Gasteiger partial charge in [0.1, 0.15) is 5.75 Å². The highest BCUT2D eigenvalue weighted by Crippen LogP contribution is 2.36. The molecule has 0 bridgehead atoms. The fourth-order valence-corrected chi connectivity index (χ4v) is 2.78. The minimum atomic E-state index is -0.216. The van der Waals surface area contributed by atoms with Crippen molar-refractivity contribution in [3.05, 3.63) is 63.2 Å². The lowest BCUT2D eigenvalue weighted by molar-refractivity contribution is 0.400. The molecule has 2 aromatic carbocycles. The quantitative estimate of drug-likeness (QED) is 0.666. The molecular formula is C17H21ClN2O. The van der Waals surface area contributed by atoms with Crippen LogP contribution < -0.4 is 16.0 Å². The van der Waals surface area contributed by atoms with E-state index in [1.807, 2.05) is 38.1 Å². The summed E-state index contributed by atoms with van der Waals surface area (Å²) in [6.45, 7) is 6.09. The number of hydrogen-bond donors (Lipinski definition) is 2. The molecule has 112 valence electrons. The van der Waals surface area contributed by atoms with Crippen molar-refractivity contribution in [2.24, 2.45) is 5.84 Å². The molecule has 0 radical (unpaired) electrons. The number of halogens is 1. The third-order valence-corrected chi connectivity index (χ3v) is 4.44. The van der Waals surface area contributed by atoms with E-state index in [1.54, 1.807) is 7.11 Å². The maximum atomic E-state index is 6.45. The van der Waals surface area contributed by atoms with Crippen LogP contribution in [0.2, 0.25) is 5.02 Å². The van der Waals surface area contributed by atoms with Gasteiger partial charge < -0.3 is 4.74 Å². The van der Waals surface area contributed by atoms with Gasteiger partial charge in [0.25, 0.3) is 0 Å². The number of ether oxygens (including phenoxy) is 1. The Balaban J connectivity index is 2.62. The summed E-state index contributed by atoms with van der Waals surface area (Å²) in [7, 11) is 1.68. The van der Waals surface area contributed by atoms with Crippen LogP contribution in [0.15, 0.2) is 30.3 Å². The molecule has 0 aliphatic rings. The van der Waals surface area contributed by atoms with Crippen molar-refractivity contribution >= 4 is 11.6 Å². The average Bonchev–Trinajstić information content (AvgIpc) is 2.48. The molecule has 0 saturated heterocycles. The number of benzene rings is 2. The van der Waals surface area contributed by atoms with Crippen LogP contribution in [0.5, 0.6) is 5.75 Å². The normalized spacial score (nSPS) is 12.3. The molecular weight excluding hydrogens is 284 g/mol. The zero-order chi connectivity index (χ0) is 15.6. The Labute approximate surface area is 131 Å². The van der Waals surface area contributed by atoms with Crippen LogP contribution in [-0.4, -0.2) is 7.11 Å². The van der Waals surface area contributed by atoms with Gasteiger partial charge in [0.05, 0.1) is 13.2 Å². The number of methoxy groups -OCH3 is 1. The second-order valence-electron chi connectivity index (χ2n) is 5.21. The fourth-order valence-electron chi connectivity index (χ4n) is 2.55. The van der Waals surface area contributed by atoms with Gasteiger partial charge in [0, 0.05) is 10.6 Å². The highest BCUT2D eigenvalue weighted by atomic mass is 35.5. The minimum Gasteiger partial charge on any atom is -0.496 e. The topological polar surface area (TPSA) is 47.3 Å². The summed E-state index contributed by atoms with van der Waals surface area (Å²) in [4.78, 5) is 0. The SMILES string of the molecule is COc1c(C(NN)c2cccc(C)c2Cl)ccc(C)c1C. The zero-order valence-corrected chi connectivity index (χ0v) is 13.6. The molecule has 4 heteroatoms. The number of aryl methyl sites for hydroxylation is 2. The Morgan fingerprint density at radius 1 is 1.05 bits per heavy atom. The summed E-state index contributed by atoms with van der Waals surface area (Å²) in [6.07, 6.45) is 0. The van der Waals surface area contributed by atoms with Crippen LogP contribution in [0, 0.1) is 20.8 Å². The van der Waals surface area contributed by atoms with Crippen molar-refractivity contribution < 1.29 is 4.74 Å². The Morgan fingerprint density at radius 3 is 2.38 bits per heavy atom. The van der Waals surface area contributed by atoms with E-state index in [1.165, 1.54) is 5.56 Å². The van der Waals surface area contributed by atoms with Crippen molar-refractivity contribution in [1.82, 2.24) is 5.43 Å². The van der Waals surface area contributed by atoms with Crippen molar-refractivity contribution in [3.63, 3.8) is 0 Å². The summed E-state index contributed by atoms with van der Waals surface area (Å²) in [5.74, 6) is 6.65. The average molecular weight is 305 g/mol. The minimum absolute atomic E-state index is 0.216. The first-order chi connectivity index (χ1) is 10.0. The summed E-state index contributed by atoms with van der Waals surface area (Å²) in [6, 6.07) is 9.83. The predicted molar refractivity (Wildman–Crippen MR) is 87.8 cm³/mol. The van der Waals surface area contributed by atoms with E-state index in [9.17, 15) is 0 Å². The van der Waals surface area contributed by atoms with Crippen LogP contribution in [-0.2, 0) is 0 Å². The molecule has 0 fully saturated rings. The number of nitrogens with one attached hydrogen (secondary N) is 1. The van der Waals surface area contributed by atoms with Gasteiger partial charge in [0.15, 0.2) is 0 Å². The summed E-state index contributed by atoms with van der Waals surface area (Å²) in [5, 5.41) is 0.723. The summed E-state index contributed by atoms with van der Waals surface area (Å²) in [5.41, 5.74) is 8.10. The molecule has 0 aliphatic carbocycles. The molecule has 0 amide bonds. The summed E-state index contributed by atoms with van der Waals surface area (Å²) < 4.78 is 5.59. The number of nitrogens with two attached hydrogens (primary N) is 1. The van der Waals surface area contributed by atoms with Crippen LogP contribution in [0.1, 0.15) is 33.9 Å². The molecule has 0 saturated carbocycles. The van der Waals surface area contributed by atoms with E-state index in [4.69, 9.17) is 22.2 Å². The van der Waals surface area contributed by atoms with Gasteiger partial charge in [-0.25, -0.2) is 5.43 Å². The highest BCUT2D eigenvalue weighted by Gasteiger charge is 2.21.